The van der Waals surface area contributed by atoms with Crippen LogP contribution in [0.25, 0.3) is 0 Å². The molecule has 0 spiro atoms. The van der Waals surface area contributed by atoms with E-state index in [1.807, 2.05) is 0 Å². The molecule has 0 saturated heterocycles. The maximum Gasteiger partial charge on any atom is 1.00 e. The monoisotopic (exact) mass is 502 g/mol. The van der Waals surface area contributed by atoms with Gasteiger partial charge in [0.1, 0.15) is 0 Å². The van der Waals surface area contributed by atoms with Gasteiger partial charge in [-0.25, -0.2) is 0 Å². The number of hydrogen-bond donors (Lipinski definition) is 0. The van der Waals surface area contributed by atoms with Crippen molar-refractivity contribution in [3.63, 3.8) is 0 Å². The van der Waals surface area contributed by atoms with Crippen molar-refractivity contribution in [2.45, 2.75) is 118 Å². The molecule has 4 aliphatic rings. The Kier molecular flexibility index (Phi) is 10.1. The van der Waals surface area contributed by atoms with E-state index in [2.05, 4.69) is 34.6 Å². The van der Waals surface area contributed by atoms with E-state index in [1.54, 1.807) is 0 Å². The molecule has 0 heterocycles. The van der Waals surface area contributed by atoms with Crippen LogP contribution < -0.4 is 51.4 Å². The van der Waals surface area contributed by atoms with Gasteiger partial charge in [-0.2, -0.15) is 0 Å². The Hall–Kier alpha value is 1.75. The van der Waals surface area contributed by atoms with Gasteiger partial charge in [0.05, 0.1) is 6.10 Å². The molecule has 9 atom stereocenters. The first-order valence-electron chi connectivity index (χ1n) is 13.5. The molecule has 0 N–H and O–H groups in total. The van der Waals surface area contributed by atoms with Crippen LogP contribution in [0.2, 0.25) is 0 Å². The summed E-state index contributed by atoms with van der Waals surface area (Å²) in [5.74, 6) is 6.44. The second-order valence-electron chi connectivity index (χ2n) is 13.0. The van der Waals surface area contributed by atoms with Crippen LogP contribution in [-0.4, -0.2) is 10.5 Å². The van der Waals surface area contributed by atoms with Crippen molar-refractivity contribution in [2.24, 2.45) is 52.3 Å². The largest absolute Gasteiger partial charge is 1.00 e. The topological polar surface area (TPSA) is 9.23 Å². The van der Waals surface area contributed by atoms with Crippen molar-refractivity contribution in [3.05, 3.63) is 0 Å². The summed E-state index contributed by atoms with van der Waals surface area (Å²) in [7, 11) is 0. The van der Waals surface area contributed by atoms with Gasteiger partial charge in [0, 0.05) is 4.38 Å². The first kappa shape index (κ1) is 28.3. The Balaban J connectivity index is 0.00000289. The SMILES string of the molecule is CC(C)CCCC(C)[C@H]1CCC2C3CCC4C[C@@H](OC(=S)[S-])CC[C@]4(C)[C@H]3CC[C@@]21C.[K+]. The first-order chi connectivity index (χ1) is 14.6. The van der Waals surface area contributed by atoms with Gasteiger partial charge in [-0.1, -0.05) is 53.9 Å². The Morgan fingerprint density at radius 3 is 2.31 bits per heavy atom. The van der Waals surface area contributed by atoms with Crippen molar-refractivity contribution in [1.29, 1.82) is 0 Å². The average Bonchev–Trinajstić information content (AvgIpc) is 3.05. The third-order valence-electron chi connectivity index (χ3n) is 11.1. The van der Waals surface area contributed by atoms with Crippen molar-refractivity contribution < 1.29 is 56.1 Å². The van der Waals surface area contributed by atoms with E-state index in [4.69, 9.17) is 29.6 Å². The minimum Gasteiger partial charge on any atom is -0.510 e. The number of fused-ring (bicyclic) bond motifs is 5. The van der Waals surface area contributed by atoms with Gasteiger partial charge >= 0.3 is 51.4 Å². The van der Waals surface area contributed by atoms with Crippen LogP contribution in [0.5, 0.6) is 0 Å². The number of thiocarbonyl (C=S) groups is 1. The molecule has 0 aromatic carbocycles. The van der Waals surface area contributed by atoms with Crippen molar-refractivity contribution >= 4 is 29.2 Å². The van der Waals surface area contributed by atoms with Crippen LogP contribution in [0.1, 0.15) is 112 Å². The summed E-state index contributed by atoms with van der Waals surface area (Å²) in [4.78, 5) is 0. The molecular weight excluding hydrogens is 456 g/mol. The van der Waals surface area contributed by atoms with Crippen molar-refractivity contribution in [2.75, 3.05) is 0 Å². The maximum atomic E-state index is 5.84. The van der Waals surface area contributed by atoms with Gasteiger partial charge in [-0.05, 0) is 110 Å². The Morgan fingerprint density at radius 1 is 0.938 bits per heavy atom. The molecule has 4 rings (SSSR count). The molecule has 4 heteroatoms. The molecule has 0 bridgehead atoms. The average molecular weight is 503 g/mol. The third-order valence-corrected chi connectivity index (χ3v) is 11.3. The van der Waals surface area contributed by atoms with E-state index in [1.165, 1.54) is 70.6 Å². The van der Waals surface area contributed by atoms with E-state index in [0.29, 0.717) is 15.2 Å². The predicted octanol–water partition coefficient (Wildman–Crippen LogP) is 5.33. The molecule has 0 aliphatic heterocycles. The fourth-order valence-electron chi connectivity index (χ4n) is 9.49. The van der Waals surface area contributed by atoms with E-state index >= 15 is 0 Å². The quantitative estimate of drug-likeness (QED) is 0.276. The fraction of sp³-hybridized carbons (Fsp3) is 0.964. The summed E-state index contributed by atoms with van der Waals surface area (Å²) in [6.45, 7) is 12.7. The summed E-state index contributed by atoms with van der Waals surface area (Å²) in [6, 6.07) is 0. The normalized spacial score (nSPS) is 44.1. The Bertz CT molecular complexity index is 653. The zero-order chi connectivity index (χ0) is 22.4. The fourth-order valence-corrected chi connectivity index (χ4v) is 9.76. The third kappa shape index (κ3) is 5.52. The van der Waals surface area contributed by atoms with Crippen LogP contribution in [-0.2, 0) is 17.4 Å². The van der Waals surface area contributed by atoms with Gasteiger partial charge in [-0.15, -0.1) is 0 Å². The summed E-state index contributed by atoms with van der Waals surface area (Å²) >= 11 is 10.1. The van der Waals surface area contributed by atoms with Gasteiger partial charge in [0.15, 0.2) is 0 Å². The molecule has 0 amide bonds. The van der Waals surface area contributed by atoms with Crippen LogP contribution in [0.3, 0.4) is 0 Å². The van der Waals surface area contributed by atoms with Gasteiger partial charge < -0.3 is 29.6 Å². The molecule has 178 valence electrons. The molecule has 1 nitrogen and oxygen atoms in total. The molecule has 0 radical (unpaired) electrons. The van der Waals surface area contributed by atoms with E-state index in [0.717, 1.165) is 47.8 Å². The number of ether oxygens (including phenoxy) is 1. The molecule has 32 heavy (non-hydrogen) atoms. The van der Waals surface area contributed by atoms with Crippen LogP contribution in [0.4, 0.5) is 0 Å². The number of rotatable bonds is 6. The van der Waals surface area contributed by atoms with Gasteiger partial charge in [0.25, 0.3) is 0 Å². The molecule has 4 saturated carbocycles. The maximum absolute atomic E-state index is 5.84. The van der Waals surface area contributed by atoms with Crippen molar-refractivity contribution in [3.8, 4) is 0 Å². The summed E-state index contributed by atoms with van der Waals surface area (Å²) in [5, 5.41) is 0. The minimum absolute atomic E-state index is 0. The molecule has 4 fully saturated rings. The minimum atomic E-state index is 0. The Labute approximate surface area is 252 Å². The number of hydrogen-bond acceptors (Lipinski definition) is 3. The van der Waals surface area contributed by atoms with Gasteiger partial charge in [0.2, 0.25) is 0 Å². The molecule has 4 aliphatic carbocycles. The summed E-state index contributed by atoms with van der Waals surface area (Å²) < 4.78 is 6.17. The summed E-state index contributed by atoms with van der Waals surface area (Å²) in [6.07, 6.45) is 17.1. The van der Waals surface area contributed by atoms with Crippen LogP contribution >= 0.6 is 12.2 Å². The van der Waals surface area contributed by atoms with E-state index < -0.39 is 0 Å². The second kappa shape index (κ2) is 11.4. The Morgan fingerprint density at radius 2 is 1.62 bits per heavy atom. The zero-order valence-corrected chi connectivity index (χ0v) is 26.6. The smallest absolute Gasteiger partial charge is 0.510 e. The molecular formula is C28H47KOS2. The zero-order valence-electron chi connectivity index (χ0n) is 21.8. The summed E-state index contributed by atoms with van der Waals surface area (Å²) in [5.41, 5.74) is 1.13. The standard InChI is InChI=1S/C28H48OS2.K/c1-18(2)7-6-8-19(3)23-11-12-24-22-10-9-20-17-21(29-26(30)31)13-15-27(20,4)25(22)14-16-28(23,24)5;/h18-25H,6-17H2,1-5H3,(H,30,31);/q;+1/p-1/t19?,20?,21-,22?,23+,24?,25-,27-,28+;/m0./s1. The molecule has 0 aromatic heterocycles. The predicted molar refractivity (Wildman–Crippen MR) is 138 cm³/mol. The van der Waals surface area contributed by atoms with Gasteiger partial charge in [-0.3, -0.25) is 0 Å². The van der Waals surface area contributed by atoms with Crippen molar-refractivity contribution in [1.82, 2.24) is 0 Å². The molecule has 0 aromatic rings. The van der Waals surface area contributed by atoms with Crippen LogP contribution in [0.15, 0.2) is 0 Å². The first-order valence-corrected chi connectivity index (χ1v) is 14.3. The second-order valence-corrected chi connectivity index (χ2v) is 14.0. The van der Waals surface area contributed by atoms with E-state index in [9.17, 15) is 0 Å². The molecule has 4 unspecified atom stereocenters. The van der Waals surface area contributed by atoms with Crippen LogP contribution in [0, 0.1) is 52.3 Å². The van der Waals surface area contributed by atoms with E-state index in [-0.39, 0.29) is 57.5 Å².